The highest BCUT2D eigenvalue weighted by Crippen LogP contribution is 2.07. The van der Waals surface area contributed by atoms with Crippen molar-refractivity contribution in [2.75, 3.05) is 18.8 Å². The van der Waals surface area contributed by atoms with Gasteiger partial charge in [0.1, 0.15) is 6.54 Å². The van der Waals surface area contributed by atoms with Crippen molar-refractivity contribution in [3.05, 3.63) is 0 Å². The van der Waals surface area contributed by atoms with E-state index < -0.39 is 10.0 Å². The van der Waals surface area contributed by atoms with Crippen LogP contribution in [-0.4, -0.2) is 31.6 Å². The van der Waals surface area contributed by atoms with E-state index >= 15 is 0 Å². The van der Waals surface area contributed by atoms with Gasteiger partial charge in [0.25, 0.3) is 0 Å². The van der Waals surface area contributed by atoms with E-state index in [2.05, 4.69) is 0 Å². The molecule has 0 saturated heterocycles. The number of nitrogens with zero attached hydrogens (tertiary/aromatic N) is 2. The first kappa shape index (κ1) is 13.4. The van der Waals surface area contributed by atoms with Crippen molar-refractivity contribution in [2.45, 2.75) is 27.2 Å². The first-order chi connectivity index (χ1) is 6.44. The monoisotopic (exact) mass is 218 g/mol. The Balaban J connectivity index is 4.56. The lowest BCUT2D eigenvalue weighted by atomic mass is 10.3. The van der Waals surface area contributed by atoms with Crippen molar-refractivity contribution in [1.29, 1.82) is 5.26 Å². The Morgan fingerprint density at radius 3 is 2.36 bits per heavy atom. The van der Waals surface area contributed by atoms with Crippen LogP contribution in [0.2, 0.25) is 0 Å². The predicted molar refractivity (Wildman–Crippen MR) is 56.1 cm³/mol. The number of hydrogen-bond acceptors (Lipinski definition) is 3. The quantitative estimate of drug-likeness (QED) is 0.629. The zero-order chi connectivity index (χ0) is 11.2. The second kappa shape index (κ2) is 5.99. The van der Waals surface area contributed by atoms with Gasteiger partial charge >= 0.3 is 0 Å². The molecule has 0 aromatic carbocycles. The first-order valence-corrected chi connectivity index (χ1v) is 6.39. The molecule has 0 rings (SSSR count). The van der Waals surface area contributed by atoms with Crippen LogP contribution in [0.15, 0.2) is 0 Å². The topological polar surface area (TPSA) is 61.2 Å². The van der Waals surface area contributed by atoms with Gasteiger partial charge < -0.3 is 0 Å². The van der Waals surface area contributed by atoms with Crippen LogP contribution in [0.1, 0.15) is 27.2 Å². The Hall–Kier alpha value is -0.600. The maximum Gasteiger partial charge on any atom is 0.215 e. The smallest absolute Gasteiger partial charge is 0.212 e. The number of sulfonamides is 1. The third-order valence-electron chi connectivity index (χ3n) is 1.66. The minimum Gasteiger partial charge on any atom is -0.212 e. The number of hydrogen-bond donors (Lipinski definition) is 0. The molecule has 0 spiro atoms. The Morgan fingerprint density at radius 1 is 1.43 bits per heavy atom. The Morgan fingerprint density at radius 2 is 2.00 bits per heavy atom. The fraction of sp³-hybridized carbons (Fsp3) is 0.889. The van der Waals surface area contributed by atoms with Crippen molar-refractivity contribution < 1.29 is 8.42 Å². The van der Waals surface area contributed by atoms with Gasteiger partial charge in [0.2, 0.25) is 10.0 Å². The largest absolute Gasteiger partial charge is 0.215 e. The zero-order valence-electron chi connectivity index (χ0n) is 9.02. The SMILES string of the molecule is CCCN(CC#N)S(=O)(=O)CC(C)C. The molecule has 0 atom stereocenters. The summed E-state index contributed by atoms with van der Waals surface area (Å²) in [7, 11) is -3.24. The molecule has 0 aliphatic heterocycles. The highest BCUT2D eigenvalue weighted by atomic mass is 32.2. The molecular weight excluding hydrogens is 200 g/mol. The van der Waals surface area contributed by atoms with Crippen LogP contribution in [0.25, 0.3) is 0 Å². The van der Waals surface area contributed by atoms with Crippen molar-refractivity contribution in [2.24, 2.45) is 5.92 Å². The summed E-state index contributed by atoms with van der Waals surface area (Å²) in [4.78, 5) is 0. The van der Waals surface area contributed by atoms with E-state index in [-0.39, 0.29) is 18.2 Å². The van der Waals surface area contributed by atoms with Crippen LogP contribution in [0.5, 0.6) is 0 Å². The summed E-state index contributed by atoms with van der Waals surface area (Å²) in [6, 6.07) is 1.88. The first-order valence-electron chi connectivity index (χ1n) is 4.78. The van der Waals surface area contributed by atoms with E-state index in [1.807, 2.05) is 26.8 Å². The van der Waals surface area contributed by atoms with Gasteiger partial charge in [-0.25, -0.2) is 8.42 Å². The lowest BCUT2D eigenvalue weighted by Gasteiger charge is -2.19. The van der Waals surface area contributed by atoms with E-state index in [0.717, 1.165) is 6.42 Å². The molecule has 0 N–H and O–H groups in total. The summed E-state index contributed by atoms with van der Waals surface area (Å²) < 4.78 is 24.6. The minimum atomic E-state index is -3.24. The second-order valence-corrected chi connectivity index (χ2v) is 5.68. The maximum absolute atomic E-state index is 11.7. The lowest BCUT2D eigenvalue weighted by Crippen LogP contribution is -2.35. The second-order valence-electron chi connectivity index (χ2n) is 3.66. The molecular formula is C9H18N2O2S. The summed E-state index contributed by atoms with van der Waals surface area (Å²) in [5.74, 6) is 0.215. The molecule has 0 bridgehead atoms. The van der Waals surface area contributed by atoms with Crippen molar-refractivity contribution in [3.63, 3.8) is 0 Å². The molecule has 0 aromatic rings. The molecule has 0 unspecified atom stereocenters. The average Bonchev–Trinajstić information content (AvgIpc) is 2.01. The lowest BCUT2D eigenvalue weighted by molar-refractivity contribution is 0.439. The molecule has 0 amide bonds. The molecule has 4 nitrogen and oxygen atoms in total. The standard InChI is InChI=1S/C9H18N2O2S/c1-4-6-11(7-5-10)14(12,13)8-9(2)3/h9H,4,6-8H2,1-3H3. The van der Waals surface area contributed by atoms with Crippen LogP contribution in [0.4, 0.5) is 0 Å². The van der Waals surface area contributed by atoms with Crippen LogP contribution >= 0.6 is 0 Å². The summed E-state index contributed by atoms with van der Waals surface area (Å²) in [6.45, 7) is 6.00. The Kier molecular flexibility index (Phi) is 5.73. The summed E-state index contributed by atoms with van der Waals surface area (Å²) in [5.41, 5.74) is 0. The summed E-state index contributed by atoms with van der Waals surface area (Å²) in [6.07, 6.45) is 0.735. The van der Waals surface area contributed by atoms with E-state index in [4.69, 9.17) is 5.26 Å². The van der Waals surface area contributed by atoms with Crippen LogP contribution < -0.4 is 0 Å². The van der Waals surface area contributed by atoms with Crippen LogP contribution in [0.3, 0.4) is 0 Å². The third-order valence-corrected chi connectivity index (χ3v) is 3.84. The zero-order valence-corrected chi connectivity index (χ0v) is 9.84. The molecule has 0 saturated carbocycles. The molecule has 0 heterocycles. The van der Waals surface area contributed by atoms with Gasteiger partial charge in [-0.15, -0.1) is 0 Å². The highest BCUT2D eigenvalue weighted by molar-refractivity contribution is 7.89. The fourth-order valence-electron chi connectivity index (χ4n) is 1.17. The molecule has 82 valence electrons. The number of nitriles is 1. The van der Waals surface area contributed by atoms with Gasteiger partial charge in [-0.1, -0.05) is 20.8 Å². The molecule has 5 heteroatoms. The van der Waals surface area contributed by atoms with Crippen molar-refractivity contribution >= 4 is 10.0 Å². The van der Waals surface area contributed by atoms with Crippen molar-refractivity contribution in [1.82, 2.24) is 4.31 Å². The Labute approximate surface area is 86.6 Å². The van der Waals surface area contributed by atoms with Crippen LogP contribution in [-0.2, 0) is 10.0 Å². The molecule has 0 aliphatic rings. The fourth-order valence-corrected chi connectivity index (χ4v) is 2.94. The summed E-state index contributed by atoms with van der Waals surface area (Å²) in [5, 5.41) is 8.50. The molecule has 0 aromatic heterocycles. The Bertz CT molecular complexity index is 290. The predicted octanol–water partition coefficient (Wildman–Crippen LogP) is 1.21. The van der Waals surface area contributed by atoms with Gasteiger partial charge in [-0.3, -0.25) is 0 Å². The maximum atomic E-state index is 11.7. The van der Waals surface area contributed by atoms with Crippen LogP contribution in [0, 0.1) is 17.2 Å². The molecule has 0 fully saturated rings. The van der Waals surface area contributed by atoms with Gasteiger partial charge in [0.15, 0.2) is 0 Å². The van der Waals surface area contributed by atoms with Gasteiger partial charge in [-0.2, -0.15) is 9.57 Å². The van der Waals surface area contributed by atoms with E-state index in [1.54, 1.807) is 0 Å². The van der Waals surface area contributed by atoms with Gasteiger partial charge in [0, 0.05) is 6.54 Å². The average molecular weight is 218 g/mol. The molecule has 0 radical (unpaired) electrons. The third kappa shape index (κ3) is 4.58. The van der Waals surface area contributed by atoms with E-state index in [0.29, 0.717) is 6.54 Å². The van der Waals surface area contributed by atoms with E-state index in [1.165, 1.54) is 4.31 Å². The minimum absolute atomic E-state index is 0.0388. The van der Waals surface area contributed by atoms with Gasteiger partial charge in [0.05, 0.1) is 11.8 Å². The summed E-state index contributed by atoms with van der Waals surface area (Å²) >= 11 is 0. The van der Waals surface area contributed by atoms with Crippen molar-refractivity contribution in [3.8, 4) is 6.07 Å². The molecule has 14 heavy (non-hydrogen) atoms. The molecule has 0 aliphatic carbocycles. The normalized spacial score (nSPS) is 12.0. The highest BCUT2D eigenvalue weighted by Gasteiger charge is 2.21. The van der Waals surface area contributed by atoms with Gasteiger partial charge in [-0.05, 0) is 12.3 Å². The van der Waals surface area contributed by atoms with E-state index in [9.17, 15) is 8.42 Å². The number of rotatable bonds is 6.